The van der Waals surface area contributed by atoms with Crippen molar-refractivity contribution in [2.75, 3.05) is 49.6 Å². The number of nitrogens with zero attached hydrogens (tertiary/aromatic N) is 3. The Morgan fingerprint density at radius 1 is 1.36 bits per heavy atom. The number of rotatable bonds is 5. The summed E-state index contributed by atoms with van der Waals surface area (Å²) >= 11 is 1.95. The van der Waals surface area contributed by atoms with Crippen molar-refractivity contribution in [2.45, 2.75) is 6.42 Å². The Bertz CT molecular complexity index is 480. The van der Waals surface area contributed by atoms with Gasteiger partial charge in [-0.3, -0.25) is 4.99 Å². The first-order valence-electron chi connectivity index (χ1n) is 7.27. The molecule has 1 aromatic carbocycles. The Hall–Kier alpha value is -0.700. The Balaban J connectivity index is 0.00000242. The lowest BCUT2D eigenvalue weighted by Gasteiger charge is -2.27. The molecule has 0 saturated carbocycles. The molecular weight excluding hydrogens is 414 g/mol. The van der Waals surface area contributed by atoms with Crippen LogP contribution in [-0.2, 0) is 0 Å². The minimum absolute atomic E-state index is 0. The van der Waals surface area contributed by atoms with Gasteiger partial charge >= 0.3 is 0 Å². The fourth-order valence-electron chi connectivity index (χ4n) is 2.28. The summed E-state index contributed by atoms with van der Waals surface area (Å²) in [6.07, 6.45) is 0.855. The fraction of sp³-hybridized carbons (Fsp3) is 0.533. The number of benzene rings is 1. The topological polar surface area (TPSA) is 44.9 Å². The molecule has 4 nitrogen and oxygen atoms in total. The third-order valence-electron chi connectivity index (χ3n) is 3.52. The number of halogens is 2. The van der Waals surface area contributed by atoms with Crippen LogP contribution in [0.15, 0.2) is 29.3 Å². The third kappa shape index (κ3) is 5.83. The summed E-state index contributed by atoms with van der Waals surface area (Å²) in [6.45, 7) is 3.39. The molecule has 22 heavy (non-hydrogen) atoms. The molecule has 0 amide bonds. The highest BCUT2D eigenvalue weighted by molar-refractivity contribution is 14.0. The summed E-state index contributed by atoms with van der Waals surface area (Å²) < 4.78 is 13.6. The summed E-state index contributed by atoms with van der Waals surface area (Å²) in [7, 11) is 1.90. The first kappa shape index (κ1) is 19.3. The van der Waals surface area contributed by atoms with Crippen LogP contribution < -0.4 is 10.6 Å². The zero-order valence-corrected chi connectivity index (χ0v) is 16.0. The van der Waals surface area contributed by atoms with Crippen LogP contribution >= 0.6 is 35.7 Å². The average molecular weight is 438 g/mol. The molecule has 0 aromatic heterocycles. The number of aliphatic imine (C=N–C) groups is 1. The predicted molar refractivity (Wildman–Crippen MR) is 105 cm³/mol. The number of nitrogens with two attached hydrogens (primary N) is 1. The quantitative estimate of drug-likeness (QED) is 0.332. The number of hydrogen-bond donors (Lipinski definition) is 1. The average Bonchev–Trinajstić information content (AvgIpc) is 2.52. The number of para-hydroxylation sites is 1. The van der Waals surface area contributed by atoms with Crippen LogP contribution in [0.5, 0.6) is 0 Å². The smallest absolute Gasteiger partial charge is 0.191 e. The van der Waals surface area contributed by atoms with Gasteiger partial charge in [-0.25, -0.2) is 4.39 Å². The van der Waals surface area contributed by atoms with Crippen molar-refractivity contribution in [1.29, 1.82) is 0 Å². The van der Waals surface area contributed by atoms with Crippen LogP contribution in [0.1, 0.15) is 6.42 Å². The normalized spacial score (nSPS) is 15.4. The second kappa shape index (κ2) is 10.1. The molecule has 124 valence electrons. The van der Waals surface area contributed by atoms with E-state index in [1.54, 1.807) is 12.1 Å². The maximum atomic E-state index is 13.6. The van der Waals surface area contributed by atoms with Crippen molar-refractivity contribution in [3.05, 3.63) is 30.1 Å². The van der Waals surface area contributed by atoms with Crippen molar-refractivity contribution >= 4 is 47.4 Å². The van der Waals surface area contributed by atoms with Crippen molar-refractivity contribution < 1.29 is 4.39 Å². The third-order valence-corrected chi connectivity index (χ3v) is 4.47. The number of hydrogen-bond acceptors (Lipinski definition) is 3. The minimum Gasteiger partial charge on any atom is -0.372 e. The Labute approximate surface area is 153 Å². The molecule has 0 bridgehead atoms. The molecule has 1 saturated heterocycles. The number of anilines is 1. The van der Waals surface area contributed by atoms with E-state index in [4.69, 9.17) is 5.73 Å². The van der Waals surface area contributed by atoms with E-state index in [1.807, 2.05) is 29.8 Å². The van der Waals surface area contributed by atoms with E-state index in [1.165, 1.54) is 6.07 Å². The molecule has 0 radical (unpaired) electrons. The van der Waals surface area contributed by atoms with Gasteiger partial charge in [-0.1, -0.05) is 12.1 Å². The molecule has 0 aliphatic carbocycles. The lowest BCUT2D eigenvalue weighted by atomic mass is 10.2. The molecule has 0 atom stereocenters. The van der Waals surface area contributed by atoms with Crippen LogP contribution in [0.25, 0.3) is 0 Å². The highest BCUT2D eigenvalue weighted by atomic mass is 127. The summed E-state index contributed by atoms with van der Waals surface area (Å²) in [5.41, 5.74) is 6.62. The monoisotopic (exact) mass is 438 g/mol. The van der Waals surface area contributed by atoms with E-state index in [-0.39, 0.29) is 29.8 Å². The minimum atomic E-state index is -0.186. The van der Waals surface area contributed by atoms with Gasteiger partial charge in [0.25, 0.3) is 0 Å². The summed E-state index contributed by atoms with van der Waals surface area (Å²) in [6, 6.07) is 6.82. The fourth-order valence-corrected chi connectivity index (χ4v) is 3.18. The van der Waals surface area contributed by atoms with E-state index in [9.17, 15) is 4.39 Å². The Morgan fingerprint density at radius 3 is 2.73 bits per heavy atom. The lowest BCUT2D eigenvalue weighted by Crippen LogP contribution is -2.42. The van der Waals surface area contributed by atoms with Crippen molar-refractivity contribution in [2.24, 2.45) is 10.7 Å². The van der Waals surface area contributed by atoms with Crippen LogP contribution in [0, 0.1) is 5.82 Å². The van der Waals surface area contributed by atoms with Crippen LogP contribution in [0.2, 0.25) is 0 Å². The summed E-state index contributed by atoms with van der Waals surface area (Å²) in [5.74, 6) is 2.69. The second-order valence-electron chi connectivity index (χ2n) is 5.07. The summed E-state index contributed by atoms with van der Waals surface area (Å²) in [5, 5.41) is 0. The standard InChI is InChI=1S/C15H23FN4S.HI/c1-19(14-6-3-2-5-13(14)16)8-4-7-18-15(17)20-9-11-21-12-10-20;/h2-3,5-6H,4,7-12H2,1H3,(H2,17,18);1H. The molecule has 1 heterocycles. The summed E-state index contributed by atoms with van der Waals surface area (Å²) in [4.78, 5) is 8.48. The molecule has 1 aliphatic rings. The maximum absolute atomic E-state index is 13.6. The van der Waals surface area contributed by atoms with E-state index >= 15 is 0 Å². The molecular formula is C15H24FIN4S. The molecule has 7 heteroatoms. The van der Waals surface area contributed by atoms with E-state index in [0.29, 0.717) is 18.2 Å². The maximum Gasteiger partial charge on any atom is 0.191 e. The number of thioether (sulfide) groups is 1. The van der Waals surface area contributed by atoms with Gasteiger partial charge in [-0.15, -0.1) is 24.0 Å². The van der Waals surface area contributed by atoms with Crippen molar-refractivity contribution in [3.63, 3.8) is 0 Å². The molecule has 0 spiro atoms. The zero-order valence-electron chi connectivity index (χ0n) is 12.9. The Kier molecular flexibility index (Phi) is 8.92. The Morgan fingerprint density at radius 2 is 2.05 bits per heavy atom. The largest absolute Gasteiger partial charge is 0.372 e. The van der Waals surface area contributed by atoms with Gasteiger partial charge in [0.1, 0.15) is 5.82 Å². The van der Waals surface area contributed by atoms with Gasteiger partial charge in [0.2, 0.25) is 0 Å². The highest BCUT2D eigenvalue weighted by Crippen LogP contribution is 2.17. The molecule has 1 fully saturated rings. The van der Waals surface area contributed by atoms with Crippen LogP contribution in [0.4, 0.5) is 10.1 Å². The van der Waals surface area contributed by atoms with Gasteiger partial charge in [0, 0.05) is 44.7 Å². The molecule has 2 rings (SSSR count). The van der Waals surface area contributed by atoms with Crippen molar-refractivity contribution in [1.82, 2.24) is 4.90 Å². The molecule has 0 unspecified atom stereocenters. The molecule has 1 aliphatic heterocycles. The highest BCUT2D eigenvalue weighted by Gasteiger charge is 2.11. The molecule has 2 N–H and O–H groups in total. The van der Waals surface area contributed by atoms with Gasteiger partial charge < -0.3 is 15.5 Å². The van der Waals surface area contributed by atoms with Crippen molar-refractivity contribution in [3.8, 4) is 0 Å². The SMILES string of the molecule is CN(CCCN=C(N)N1CCSCC1)c1ccccc1F.I. The second-order valence-corrected chi connectivity index (χ2v) is 6.29. The van der Waals surface area contributed by atoms with E-state index < -0.39 is 0 Å². The van der Waals surface area contributed by atoms with E-state index in [2.05, 4.69) is 9.89 Å². The first-order chi connectivity index (χ1) is 10.2. The zero-order chi connectivity index (χ0) is 15.1. The van der Waals surface area contributed by atoms with Crippen LogP contribution in [0.3, 0.4) is 0 Å². The van der Waals surface area contributed by atoms with Crippen LogP contribution in [-0.4, -0.2) is 55.6 Å². The molecule has 1 aromatic rings. The van der Waals surface area contributed by atoms with E-state index in [0.717, 1.165) is 37.6 Å². The predicted octanol–water partition coefficient (Wildman–Crippen LogP) is 2.63. The van der Waals surface area contributed by atoms with Gasteiger partial charge in [0.05, 0.1) is 5.69 Å². The first-order valence-corrected chi connectivity index (χ1v) is 8.42. The lowest BCUT2D eigenvalue weighted by molar-refractivity contribution is 0.455. The van der Waals surface area contributed by atoms with Gasteiger partial charge in [0.15, 0.2) is 5.96 Å². The number of guanidine groups is 1. The van der Waals surface area contributed by atoms with Gasteiger partial charge in [-0.05, 0) is 18.6 Å². The van der Waals surface area contributed by atoms with Gasteiger partial charge in [-0.2, -0.15) is 11.8 Å².